The van der Waals surface area contributed by atoms with Crippen molar-refractivity contribution in [3.63, 3.8) is 0 Å². The molecule has 0 unspecified atom stereocenters. The van der Waals surface area contributed by atoms with E-state index < -0.39 is 11.4 Å². The standard InChI is InChI=1S/C14H18O5/c1-18-10-5-6-14(7-11(15)16)9-4-2-3-8(10)12(9)19-13(14)17/h4,8,10,12H,2-3,5-7H2,1H3,(H,15,16)/t8-,10+,12+,14+/m1/s1. The highest BCUT2D eigenvalue weighted by molar-refractivity contribution is 5.89. The van der Waals surface area contributed by atoms with Gasteiger partial charge in [0, 0.05) is 13.0 Å². The van der Waals surface area contributed by atoms with Crippen molar-refractivity contribution in [2.75, 3.05) is 7.11 Å². The molecule has 0 aromatic rings. The van der Waals surface area contributed by atoms with Crippen molar-refractivity contribution in [1.82, 2.24) is 0 Å². The molecule has 2 fully saturated rings. The summed E-state index contributed by atoms with van der Waals surface area (Å²) in [6.07, 6.45) is 4.67. The van der Waals surface area contributed by atoms with Gasteiger partial charge < -0.3 is 14.6 Å². The first-order valence-corrected chi connectivity index (χ1v) is 6.75. The first-order valence-electron chi connectivity index (χ1n) is 6.75. The van der Waals surface area contributed by atoms with Crippen molar-refractivity contribution in [3.05, 3.63) is 11.6 Å². The molecule has 1 saturated heterocycles. The summed E-state index contributed by atoms with van der Waals surface area (Å²) in [7, 11) is 1.67. The highest BCUT2D eigenvalue weighted by Crippen LogP contribution is 2.54. The number of ether oxygens (including phenoxy) is 2. The molecule has 0 aromatic heterocycles. The van der Waals surface area contributed by atoms with Crippen LogP contribution in [0.15, 0.2) is 11.6 Å². The maximum absolute atomic E-state index is 12.2. The van der Waals surface area contributed by atoms with Crippen LogP contribution in [-0.2, 0) is 19.1 Å². The zero-order valence-corrected chi connectivity index (χ0v) is 10.9. The molecule has 19 heavy (non-hydrogen) atoms. The third-order valence-corrected chi connectivity index (χ3v) is 4.83. The number of allylic oxidation sites excluding steroid dienone is 1. The predicted molar refractivity (Wildman–Crippen MR) is 65.4 cm³/mol. The molecule has 1 heterocycles. The van der Waals surface area contributed by atoms with Crippen LogP contribution in [0.2, 0.25) is 0 Å². The molecule has 2 aliphatic carbocycles. The van der Waals surface area contributed by atoms with E-state index in [0.717, 1.165) is 24.8 Å². The van der Waals surface area contributed by atoms with E-state index in [2.05, 4.69) is 0 Å². The van der Waals surface area contributed by atoms with E-state index in [1.54, 1.807) is 7.11 Å². The van der Waals surface area contributed by atoms with Gasteiger partial charge in [-0.3, -0.25) is 9.59 Å². The lowest BCUT2D eigenvalue weighted by Gasteiger charge is -2.31. The van der Waals surface area contributed by atoms with Crippen LogP contribution in [-0.4, -0.2) is 36.4 Å². The Labute approximate surface area is 111 Å². The minimum absolute atomic E-state index is 0.0532. The number of hydrogen-bond donors (Lipinski definition) is 1. The Bertz CT molecular complexity index is 455. The van der Waals surface area contributed by atoms with Crippen LogP contribution < -0.4 is 0 Å². The van der Waals surface area contributed by atoms with Gasteiger partial charge in [0.2, 0.25) is 0 Å². The number of methoxy groups -OCH3 is 1. The lowest BCUT2D eigenvalue weighted by molar-refractivity contribution is -0.158. The van der Waals surface area contributed by atoms with E-state index in [1.165, 1.54) is 0 Å². The van der Waals surface area contributed by atoms with Crippen LogP contribution in [0.3, 0.4) is 0 Å². The highest BCUT2D eigenvalue weighted by Gasteiger charge is 2.59. The Hall–Kier alpha value is -1.36. The molecule has 4 bridgehead atoms. The molecule has 1 aliphatic heterocycles. The molecular weight excluding hydrogens is 248 g/mol. The van der Waals surface area contributed by atoms with Gasteiger partial charge in [-0.2, -0.15) is 0 Å². The van der Waals surface area contributed by atoms with Crippen molar-refractivity contribution in [3.8, 4) is 0 Å². The zero-order chi connectivity index (χ0) is 13.6. The quantitative estimate of drug-likeness (QED) is 0.619. The van der Waals surface area contributed by atoms with E-state index in [0.29, 0.717) is 6.42 Å². The van der Waals surface area contributed by atoms with E-state index in [9.17, 15) is 9.59 Å². The molecule has 1 saturated carbocycles. The SMILES string of the molecule is CO[C@H]1CC[C@@]2(CC(=O)O)C(=O)O[C@@H]3C2=CCC[C@H]13. The Morgan fingerprint density at radius 3 is 3.05 bits per heavy atom. The third-order valence-electron chi connectivity index (χ3n) is 4.83. The summed E-state index contributed by atoms with van der Waals surface area (Å²) < 4.78 is 11.0. The van der Waals surface area contributed by atoms with Gasteiger partial charge in [0.25, 0.3) is 0 Å². The van der Waals surface area contributed by atoms with E-state index >= 15 is 0 Å². The number of carbonyl (C=O) groups excluding carboxylic acids is 1. The molecule has 3 rings (SSSR count). The number of rotatable bonds is 3. The fourth-order valence-corrected chi connectivity index (χ4v) is 3.94. The molecule has 0 aromatic carbocycles. The van der Waals surface area contributed by atoms with E-state index in [1.807, 2.05) is 6.08 Å². The average Bonchev–Trinajstić information content (AvgIpc) is 2.61. The molecule has 104 valence electrons. The van der Waals surface area contributed by atoms with Crippen LogP contribution in [0, 0.1) is 11.3 Å². The van der Waals surface area contributed by atoms with Gasteiger partial charge in [-0.15, -0.1) is 0 Å². The van der Waals surface area contributed by atoms with Gasteiger partial charge in [-0.1, -0.05) is 6.08 Å². The summed E-state index contributed by atoms with van der Waals surface area (Å²) in [5, 5.41) is 9.14. The van der Waals surface area contributed by atoms with Crippen LogP contribution in [0.25, 0.3) is 0 Å². The zero-order valence-electron chi connectivity index (χ0n) is 10.9. The second-order valence-corrected chi connectivity index (χ2v) is 5.69. The van der Waals surface area contributed by atoms with E-state index in [-0.39, 0.29) is 30.5 Å². The first kappa shape index (κ1) is 12.7. The lowest BCUT2D eigenvalue weighted by atomic mass is 9.72. The fraction of sp³-hybridized carbons (Fsp3) is 0.714. The summed E-state index contributed by atoms with van der Waals surface area (Å²) in [4.78, 5) is 23.4. The van der Waals surface area contributed by atoms with Crippen LogP contribution >= 0.6 is 0 Å². The van der Waals surface area contributed by atoms with Crippen molar-refractivity contribution in [2.24, 2.45) is 11.3 Å². The van der Waals surface area contributed by atoms with Crippen molar-refractivity contribution in [1.29, 1.82) is 0 Å². The summed E-state index contributed by atoms with van der Waals surface area (Å²) in [6.45, 7) is 0. The molecule has 1 N–H and O–H groups in total. The first-order chi connectivity index (χ1) is 9.08. The minimum Gasteiger partial charge on any atom is -0.481 e. The fourth-order valence-electron chi connectivity index (χ4n) is 3.94. The predicted octanol–water partition coefficient (Wildman–Crippen LogP) is 1.52. The summed E-state index contributed by atoms with van der Waals surface area (Å²) in [5.41, 5.74) is -0.0432. The molecule has 0 spiro atoms. The van der Waals surface area contributed by atoms with Crippen LogP contribution in [0.4, 0.5) is 0 Å². The van der Waals surface area contributed by atoms with Gasteiger partial charge in [0.15, 0.2) is 0 Å². The second kappa shape index (κ2) is 4.34. The number of aliphatic carboxylic acids is 1. The summed E-state index contributed by atoms with van der Waals surface area (Å²) in [5.74, 6) is -1.13. The molecule has 0 amide bonds. The lowest BCUT2D eigenvalue weighted by Crippen LogP contribution is -2.35. The van der Waals surface area contributed by atoms with Crippen LogP contribution in [0.5, 0.6) is 0 Å². The molecule has 3 aliphatic rings. The number of carboxylic acid groups (broad SMARTS) is 1. The molecule has 0 radical (unpaired) electrons. The Morgan fingerprint density at radius 1 is 1.58 bits per heavy atom. The largest absolute Gasteiger partial charge is 0.481 e. The molecular formula is C14H18O5. The number of carboxylic acids is 1. The average molecular weight is 266 g/mol. The van der Waals surface area contributed by atoms with Crippen molar-refractivity contribution >= 4 is 11.9 Å². The molecule has 4 atom stereocenters. The normalized spacial score (nSPS) is 40.4. The Kier molecular flexibility index (Phi) is 2.89. The van der Waals surface area contributed by atoms with Gasteiger partial charge >= 0.3 is 11.9 Å². The number of hydrogen-bond acceptors (Lipinski definition) is 4. The van der Waals surface area contributed by atoms with Crippen LogP contribution in [0.1, 0.15) is 32.1 Å². The maximum Gasteiger partial charge on any atom is 0.317 e. The second-order valence-electron chi connectivity index (χ2n) is 5.69. The van der Waals surface area contributed by atoms with Gasteiger partial charge in [-0.05, 0) is 31.3 Å². The Morgan fingerprint density at radius 2 is 2.37 bits per heavy atom. The Balaban J connectivity index is 2.05. The third kappa shape index (κ3) is 1.71. The number of carbonyl (C=O) groups is 2. The van der Waals surface area contributed by atoms with E-state index in [4.69, 9.17) is 14.6 Å². The van der Waals surface area contributed by atoms with Crippen molar-refractivity contribution in [2.45, 2.75) is 44.3 Å². The number of esters is 1. The van der Waals surface area contributed by atoms with Gasteiger partial charge in [0.1, 0.15) is 11.5 Å². The van der Waals surface area contributed by atoms with Gasteiger partial charge in [0.05, 0.1) is 12.5 Å². The summed E-state index contributed by atoms with van der Waals surface area (Å²) in [6, 6.07) is 0. The topological polar surface area (TPSA) is 72.8 Å². The van der Waals surface area contributed by atoms with Gasteiger partial charge in [-0.25, -0.2) is 0 Å². The van der Waals surface area contributed by atoms with Crippen molar-refractivity contribution < 1.29 is 24.2 Å². The summed E-state index contributed by atoms with van der Waals surface area (Å²) >= 11 is 0. The molecule has 5 nitrogen and oxygen atoms in total. The maximum atomic E-state index is 12.2. The smallest absolute Gasteiger partial charge is 0.317 e. The molecule has 5 heteroatoms. The minimum atomic E-state index is -0.948. The monoisotopic (exact) mass is 266 g/mol. The highest BCUT2D eigenvalue weighted by atomic mass is 16.6.